The molecule has 0 bridgehead atoms. The van der Waals surface area contributed by atoms with Crippen LogP contribution in [0.25, 0.3) is 0 Å². The van der Waals surface area contributed by atoms with Gasteiger partial charge in [-0.25, -0.2) is 0 Å². The van der Waals surface area contributed by atoms with Crippen molar-refractivity contribution in [2.45, 2.75) is 0 Å². The maximum absolute atomic E-state index is 4.91. The Morgan fingerprint density at radius 1 is 1.11 bits per heavy atom. The molecule has 9 heavy (non-hydrogen) atoms. The number of methoxy groups -OCH3 is 1. The fourth-order valence-electron chi connectivity index (χ4n) is 0.557. The Bertz CT molecular complexity index is 150. The molecular formula is C7H9FO. The molecule has 0 aromatic heterocycles. The lowest BCUT2D eigenvalue weighted by Gasteiger charge is -1.93. The lowest BCUT2D eigenvalue weighted by Crippen LogP contribution is -1.78. The summed E-state index contributed by atoms with van der Waals surface area (Å²) in [6, 6.07) is 9.68. The van der Waals surface area contributed by atoms with E-state index in [0.29, 0.717) is 0 Å². The van der Waals surface area contributed by atoms with E-state index in [2.05, 4.69) is 0 Å². The molecule has 0 aliphatic carbocycles. The molecule has 0 saturated heterocycles. The van der Waals surface area contributed by atoms with Crippen LogP contribution in [0.15, 0.2) is 30.3 Å². The lowest BCUT2D eigenvalue weighted by molar-refractivity contribution is 0.415. The van der Waals surface area contributed by atoms with Crippen molar-refractivity contribution in [3.63, 3.8) is 0 Å². The smallest absolute Gasteiger partial charge is 0.118 e. The minimum atomic E-state index is 0. The van der Waals surface area contributed by atoms with Gasteiger partial charge in [-0.1, -0.05) is 18.2 Å². The molecule has 1 nitrogen and oxygen atoms in total. The number of ether oxygens (including phenoxy) is 1. The molecule has 2 heteroatoms. The zero-order valence-electron chi connectivity index (χ0n) is 5.20. The van der Waals surface area contributed by atoms with E-state index < -0.39 is 0 Å². The van der Waals surface area contributed by atoms with Gasteiger partial charge in [0.2, 0.25) is 0 Å². The molecule has 0 spiro atoms. The van der Waals surface area contributed by atoms with Gasteiger partial charge in [0.15, 0.2) is 0 Å². The van der Waals surface area contributed by atoms with E-state index in [4.69, 9.17) is 4.74 Å². The van der Waals surface area contributed by atoms with Gasteiger partial charge in [-0.3, -0.25) is 4.70 Å². The van der Waals surface area contributed by atoms with Gasteiger partial charge in [0.25, 0.3) is 0 Å². The first-order chi connectivity index (χ1) is 3.93. The Kier molecular flexibility index (Phi) is 3.44. The summed E-state index contributed by atoms with van der Waals surface area (Å²) in [5.74, 6) is 0.910. The number of hydrogen-bond acceptors (Lipinski definition) is 1. The van der Waals surface area contributed by atoms with Crippen LogP contribution in [0.5, 0.6) is 5.75 Å². The molecule has 1 rings (SSSR count). The summed E-state index contributed by atoms with van der Waals surface area (Å²) in [4.78, 5) is 0. The molecule has 0 amide bonds. The zero-order chi connectivity index (χ0) is 5.82. The van der Waals surface area contributed by atoms with Crippen LogP contribution in [0.4, 0.5) is 4.70 Å². The SMILES string of the molecule is COc1ccccc1.F. The molecule has 0 fully saturated rings. The molecule has 0 unspecified atom stereocenters. The first kappa shape index (κ1) is 7.95. The summed E-state index contributed by atoms with van der Waals surface area (Å²) in [7, 11) is 1.66. The van der Waals surface area contributed by atoms with Crippen LogP contribution in [0.2, 0.25) is 0 Å². The highest BCUT2D eigenvalue weighted by Gasteiger charge is 1.80. The van der Waals surface area contributed by atoms with Crippen molar-refractivity contribution in [2.24, 2.45) is 0 Å². The van der Waals surface area contributed by atoms with Gasteiger partial charge in [-0.05, 0) is 12.1 Å². The molecule has 0 radical (unpaired) electrons. The van der Waals surface area contributed by atoms with Gasteiger partial charge >= 0.3 is 0 Å². The standard InChI is InChI=1S/C7H8O.FH/c1-8-7-5-3-2-4-6-7;/h2-6H,1H3;1H. The Morgan fingerprint density at radius 2 is 1.67 bits per heavy atom. The Balaban J connectivity index is 0.000000640. The molecule has 0 saturated carbocycles. The fourth-order valence-corrected chi connectivity index (χ4v) is 0.557. The number of rotatable bonds is 1. The summed E-state index contributed by atoms with van der Waals surface area (Å²) in [6.45, 7) is 0. The monoisotopic (exact) mass is 128 g/mol. The highest BCUT2D eigenvalue weighted by Crippen LogP contribution is 2.05. The molecule has 0 aliphatic heterocycles. The first-order valence-corrected chi connectivity index (χ1v) is 2.52. The summed E-state index contributed by atoms with van der Waals surface area (Å²) in [5, 5.41) is 0. The highest BCUT2D eigenvalue weighted by atomic mass is 19.0. The van der Waals surface area contributed by atoms with Crippen molar-refractivity contribution in [1.29, 1.82) is 0 Å². The van der Waals surface area contributed by atoms with Gasteiger partial charge in [0.05, 0.1) is 7.11 Å². The minimum absolute atomic E-state index is 0. The molecule has 0 N–H and O–H groups in total. The van der Waals surface area contributed by atoms with Crippen molar-refractivity contribution in [2.75, 3.05) is 7.11 Å². The summed E-state index contributed by atoms with van der Waals surface area (Å²) in [6.07, 6.45) is 0. The van der Waals surface area contributed by atoms with Crippen molar-refractivity contribution >= 4 is 0 Å². The van der Waals surface area contributed by atoms with Gasteiger partial charge in [0.1, 0.15) is 5.75 Å². The predicted molar refractivity (Wildman–Crippen MR) is 35.5 cm³/mol. The quantitative estimate of drug-likeness (QED) is 0.560. The molecule has 50 valence electrons. The predicted octanol–water partition coefficient (Wildman–Crippen LogP) is 1.85. The first-order valence-electron chi connectivity index (χ1n) is 2.52. The molecule has 0 atom stereocenters. The van der Waals surface area contributed by atoms with E-state index in [-0.39, 0.29) is 4.70 Å². The normalized spacial score (nSPS) is 7.67. The topological polar surface area (TPSA) is 9.23 Å². The van der Waals surface area contributed by atoms with Crippen molar-refractivity contribution in [1.82, 2.24) is 0 Å². The van der Waals surface area contributed by atoms with Crippen molar-refractivity contribution in [3.8, 4) is 5.75 Å². The van der Waals surface area contributed by atoms with Crippen LogP contribution in [-0.2, 0) is 0 Å². The second-order valence-electron chi connectivity index (χ2n) is 1.52. The maximum Gasteiger partial charge on any atom is 0.118 e. The highest BCUT2D eigenvalue weighted by molar-refractivity contribution is 5.20. The summed E-state index contributed by atoms with van der Waals surface area (Å²) in [5.41, 5.74) is 0. The lowest BCUT2D eigenvalue weighted by atomic mass is 10.3. The fraction of sp³-hybridized carbons (Fsp3) is 0.143. The van der Waals surface area contributed by atoms with Gasteiger partial charge in [-0.2, -0.15) is 0 Å². The molecule has 0 aliphatic rings. The molecule has 1 aromatic carbocycles. The molecule has 0 heterocycles. The van der Waals surface area contributed by atoms with E-state index in [9.17, 15) is 0 Å². The van der Waals surface area contributed by atoms with E-state index in [0.717, 1.165) is 5.75 Å². The summed E-state index contributed by atoms with van der Waals surface area (Å²) < 4.78 is 4.91. The Hall–Kier alpha value is -1.05. The largest absolute Gasteiger partial charge is 0.497 e. The van der Waals surface area contributed by atoms with Crippen LogP contribution in [-0.4, -0.2) is 7.11 Å². The second kappa shape index (κ2) is 3.89. The number of hydrogen-bond donors (Lipinski definition) is 0. The van der Waals surface area contributed by atoms with Crippen molar-refractivity contribution < 1.29 is 9.44 Å². The second-order valence-corrected chi connectivity index (χ2v) is 1.52. The van der Waals surface area contributed by atoms with E-state index >= 15 is 0 Å². The van der Waals surface area contributed by atoms with Crippen LogP contribution in [0.1, 0.15) is 0 Å². The average Bonchev–Trinajstić information content (AvgIpc) is 1.90. The third-order valence-electron chi connectivity index (χ3n) is 0.979. The third-order valence-corrected chi connectivity index (χ3v) is 0.979. The van der Waals surface area contributed by atoms with Gasteiger partial charge in [0, 0.05) is 0 Å². The number of benzene rings is 1. The van der Waals surface area contributed by atoms with E-state index in [1.54, 1.807) is 7.11 Å². The van der Waals surface area contributed by atoms with Crippen LogP contribution >= 0.6 is 0 Å². The maximum atomic E-state index is 4.91. The molecular weight excluding hydrogens is 119 g/mol. The zero-order valence-corrected chi connectivity index (χ0v) is 5.20. The average molecular weight is 128 g/mol. The van der Waals surface area contributed by atoms with Crippen LogP contribution < -0.4 is 4.74 Å². The third kappa shape index (κ3) is 2.13. The van der Waals surface area contributed by atoms with Gasteiger partial charge < -0.3 is 4.74 Å². The Labute approximate surface area is 53.6 Å². The number of para-hydroxylation sites is 1. The van der Waals surface area contributed by atoms with Crippen LogP contribution in [0, 0.1) is 0 Å². The summed E-state index contributed by atoms with van der Waals surface area (Å²) >= 11 is 0. The van der Waals surface area contributed by atoms with E-state index in [1.165, 1.54) is 0 Å². The molecule has 1 aromatic rings. The van der Waals surface area contributed by atoms with E-state index in [1.807, 2.05) is 30.3 Å². The minimum Gasteiger partial charge on any atom is -0.497 e. The van der Waals surface area contributed by atoms with Crippen LogP contribution in [0.3, 0.4) is 0 Å². The van der Waals surface area contributed by atoms with Gasteiger partial charge in [-0.15, -0.1) is 0 Å². The Morgan fingerprint density at radius 3 is 2.00 bits per heavy atom. The van der Waals surface area contributed by atoms with Crippen molar-refractivity contribution in [3.05, 3.63) is 30.3 Å². The number of halogens is 1.